The Morgan fingerprint density at radius 2 is 1.13 bits per heavy atom. The standard InChI is InChI=1S/C45H32N2/c1-46-42-36-25-13-7-19-30(36)28-17-5-9-21-32(28)38(42)40-34-23-11-12-24-35(34)41-39-33-22-10-6-18-29(33)31-20-8-14-26-37(31)43(39)47(45(41)44(40)46)27-15-3-2-4-16-27/h2-9,11-21,23-26,31,37H,10,22H2,1H3. The first-order valence-electron chi connectivity index (χ1n) is 16.9. The lowest BCUT2D eigenvalue weighted by atomic mass is 9.69. The average molecular weight is 601 g/mol. The third-order valence-corrected chi connectivity index (χ3v) is 11.3. The second-order valence-electron chi connectivity index (χ2n) is 13.5. The van der Waals surface area contributed by atoms with Gasteiger partial charge in [-0.05, 0) is 63.1 Å². The van der Waals surface area contributed by atoms with Crippen molar-refractivity contribution >= 4 is 70.6 Å². The molecule has 0 spiro atoms. The highest BCUT2D eigenvalue weighted by molar-refractivity contribution is 6.40. The number of aryl methyl sites for hydroxylation is 1. The van der Waals surface area contributed by atoms with Crippen molar-refractivity contribution in [2.75, 3.05) is 0 Å². The maximum absolute atomic E-state index is 2.66. The maximum atomic E-state index is 2.66. The Bertz CT molecular complexity index is 2800. The Kier molecular flexibility index (Phi) is 5.03. The Hall–Kier alpha value is -5.60. The summed E-state index contributed by atoms with van der Waals surface area (Å²) in [6, 6.07) is 38.4. The van der Waals surface area contributed by atoms with Crippen LogP contribution in [0.4, 0.5) is 0 Å². The van der Waals surface area contributed by atoms with Crippen LogP contribution < -0.4 is 0 Å². The van der Waals surface area contributed by atoms with Crippen molar-refractivity contribution in [3.8, 4) is 5.69 Å². The fraction of sp³-hybridized carbons (Fsp3) is 0.111. The first-order valence-corrected chi connectivity index (χ1v) is 16.9. The molecule has 0 saturated heterocycles. The number of allylic oxidation sites excluding steroid dienone is 8. The second-order valence-corrected chi connectivity index (χ2v) is 13.5. The summed E-state index contributed by atoms with van der Waals surface area (Å²) in [5.74, 6) is 0.599. The summed E-state index contributed by atoms with van der Waals surface area (Å²) in [5, 5.41) is 12.0. The lowest BCUT2D eigenvalue weighted by Gasteiger charge is -2.35. The molecular weight excluding hydrogens is 569 g/mol. The van der Waals surface area contributed by atoms with Crippen LogP contribution in [0.2, 0.25) is 0 Å². The van der Waals surface area contributed by atoms with E-state index in [-0.39, 0.29) is 5.92 Å². The van der Waals surface area contributed by atoms with Crippen LogP contribution >= 0.6 is 0 Å². The molecular formula is C45H32N2. The van der Waals surface area contributed by atoms with Gasteiger partial charge in [0.05, 0.1) is 16.6 Å². The summed E-state index contributed by atoms with van der Waals surface area (Å²) < 4.78 is 5.19. The molecule has 0 aliphatic heterocycles. The van der Waals surface area contributed by atoms with Crippen LogP contribution in [0.3, 0.4) is 0 Å². The number of hydrogen-bond acceptors (Lipinski definition) is 0. The minimum atomic E-state index is 0.259. The van der Waals surface area contributed by atoms with Crippen molar-refractivity contribution in [3.63, 3.8) is 0 Å². The summed E-state index contributed by atoms with van der Waals surface area (Å²) in [7, 11) is 2.31. The molecule has 3 aliphatic rings. The monoisotopic (exact) mass is 600 g/mol. The predicted molar refractivity (Wildman–Crippen MR) is 200 cm³/mol. The molecule has 8 aromatic rings. The Morgan fingerprint density at radius 3 is 1.87 bits per heavy atom. The van der Waals surface area contributed by atoms with E-state index in [1.54, 1.807) is 0 Å². The van der Waals surface area contributed by atoms with E-state index in [2.05, 4.69) is 156 Å². The zero-order chi connectivity index (χ0) is 30.8. The quantitative estimate of drug-likeness (QED) is 0.166. The van der Waals surface area contributed by atoms with Crippen LogP contribution in [-0.4, -0.2) is 9.13 Å². The van der Waals surface area contributed by atoms with Crippen molar-refractivity contribution < 1.29 is 0 Å². The molecule has 0 amide bonds. The molecule has 0 N–H and O–H groups in total. The van der Waals surface area contributed by atoms with Gasteiger partial charge in [-0.3, -0.25) is 0 Å². The van der Waals surface area contributed by atoms with Gasteiger partial charge in [-0.1, -0.05) is 127 Å². The zero-order valence-corrected chi connectivity index (χ0v) is 26.2. The van der Waals surface area contributed by atoms with Gasteiger partial charge in [0.25, 0.3) is 0 Å². The van der Waals surface area contributed by atoms with Crippen molar-refractivity contribution in [3.05, 3.63) is 156 Å². The molecule has 0 radical (unpaired) electrons. The van der Waals surface area contributed by atoms with E-state index >= 15 is 0 Å². The summed E-state index contributed by atoms with van der Waals surface area (Å²) in [5.41, 5.74) is 11.1. The number of para-hydroxylation sites is 1. The van der Waals surface area contributed by atoms with Crippen LogP contribution in [0.5, 0.6) is 0 Å². The van der Waals surface area contributed by atoms with E-state index in [1.807, 2.05) is 0 Å². The number of benzene rings is 6. The molecule has 6 aromatic carbocycles. The minimum Gasteiger partial charge on any atom is -0.341 e. The van der Waals surface area contributed by atoms with E-state index < -0.39 is 0 Å². The summed E-state index contributed by atoms with van der Waals surface area (Å²) in [4.78, 5) is 0. The number of rotatable bonds is 1. The third kappa shape index (κ3) is 3.16. The van der Waals surface area contributed by atoms with E-state index in [4.69, 9.17) is 0 Å². The van der Waals surface area contributed by atoms with Gasteiger partial charge in [-0.15, -0.1) is 0 Å². The molecule has 3 aliphatic carbocycles. The topological polar surface area (TPSA) is 9.86 Å². The van der Waals surface area contributed by atoms with Crippen molar-refractivity contribution in [2.24, 2.45) is 13.0 Å². The summed E-state index contributed by atoms with van der Waals surface area (Å²) >= 11 is 0. The molecule has 2 atom stereocenters. The number of hydrogen-bond donors (Lipinski definition) is 0. The van der Waals surface area contributed by atoms with Gasteiger partial charge in [-0.2, -0.15) is 0 Å². The largest absolute Gasteiger partial charge is 0.341 e. The second kappa shape index (κ2) is 9.24. The highest BCUT2D eigenvalue weighted by atomic mass is 15.0. The molecule has 0 fully saturated rings. The first kappa shape index (κ1) is 25.6. The molecule has 2 unspecified atom stereocenters. The number of aromatic nitrogens is 2. The third-order valence-electron chi connectivity index (χ3n) is 11.3. The highest BCUT2D eigenvalue weighted by Crippen LogP contribution is 2.56. The van der Waals surface area contributed by atoms with Gasteiger partial charge in [0.15, 0.2) is 0 Å². The van der Waals surface area contributed by atoms with Crippen LogP contribution in [0.1, 0.15) is 30.0 Å². The molecule has 2 nitrogen and oxygen atoms in total. The number of nitrogens with zero attached hydrogens (tertiary/aromatic N) is 2. The van der Waals surface area contributed by atoms with Gasteiger partial charge in [0.1, 0.15) is 0 Å². The van der Waals surface area contributed by atoms with E-state index in [0.29, 0.717) is 5.92 Å². The van der Waals surface area contributed by atoms with Crippen LogP contribution in [0.25, 0.3) is 76.3 Å². The highest BCUT2D eigenvalue weighted by Gasteiger charge is 2.39. The Balaban J connectivity index is 1.49. The molecule has 47 heavy (non-hydrogen) atoms. The fourth-order valence-corrected chi connectivity index (χ4v) is 9.55. The molecule has 2 heterocycles. The Labute approximate surface area is 272 Å². The van der Waals surface area contributed by atoms with Crippen LogP contribution in [0.15, 0.2) is 145 Å². The van der Waals surface area contributed by atoms with Gasteiger partial charge in [-0.25, -0.2) is 0 Å². The fourth-order valence-electron chi connectivity index (χ4n) is 9.55. The van der Waals surface area contributed by atoms with Crippen LogP contribution in [0, 0.1) is 5.92 Å². The van der Waals surface area contributed by atoms with E-state index in [9.17, 15) is 0 Å². The number of fused-ring (bicyclic) bond motifs is 19. The normalized spacial score (nSPS) is 18.7. The Morgan fingerprint density at radius 1 is 0.553 bits per heavy atom. The lowest BCUT2D eigenvalue weighted by molar-refractivity contribution is 0.630. The molecule has 11 rings (SSSR count). The van der Waals surface area contributed by atoms with Gasteiger partial charge in [0.2, 0.25) is 0 Å². The van der Waals surface area contributed by atoms with Gasteiger partial charge >= 0.3 is 0 Å². The first-order chi connectivity index (χ1) is 23.3. The summed E-state index contributed by atoms with van der Waals surface area (Å²) in [6.07, 6.45) is 16.4. The minimum absolute atomic E-state index is 0.259. The van der Waals surface area contributed by atoms with Crippen molar-refractivity contribution in [1.82, 2.24) is 9.13 Å². The van der Waals surface area contributed by atoms with E-state index in [0.717, 1.165) is 12.8 Å². The molecule has 222 valence electrons. The maximum Gasteiger partial charge on any atom is 0.0789 e. The van der Waals surface area contributed by atoms with E-state index in [1.165, 1.54) is 93.1 Å². The van der Waals surface area contributed by atoms with Crippen molar-refractivity contribution in [1.29, 1.82) is 0 Å². The average Bonchev–Trinajstić information content (AvgIpc) is 3.66. The summed E-state index contributed by atoms with van der Waals surface area (Å²) in [6.45, 7) is 0. The van der Waals surface area contributed by atoms with Crippen LogP contribution in [-0.2, 0) is 7.05 Å². The predicted octanol–water partition coefficient (Wildman–Crippen LogP) is 11.7. The molecule has 2 heteroatoms. The SMILES string of the molecule is Cn1c2c3ccccc3c3ccccc3c2c2c3ccccc3c3c4c(n(-c5ccccc5)c3c21)C1C=CC=CC1C1=C4CCC=C1. The van der Waals surface area contributed by atoms with Crippen molar-refractivity contribution in [2.45, 2.75) is 18.8 Å². The smallest absolute Gasteiger partial charge is 0.0789 e. The lowest BCUT2D eigenvalue weighted by Crippen LogP contribution is -2.23. The molecule has 2 aromatic heterocycles. The van der Waals surface area contributed by atoms with Gasteiger partial charge in [0, 0.05) is 57.4 Å². The zero-order valence-electron chi connectivity index (χ0n) is 26.2. The molecule has 0 bridgehead atoms. The molecule has 0 saturated carbocycles. The van der Waals surface area contributed by atoms with Gasteiger partial charge < -0.3 is 9.13 Å².